The maximum Gasteiger partial charge on any atom is -0.0233 e. The second-order valence-corrected chi connectivity index (χ2v) is 10.9. The van der Waals surface area contributed by atoms with Crippen molar-refractivity contribution in [2.75, 3.05) is 0 Å². The Balaban J connectivity index is 1.25. The van der Waals surface area contributed by atoms with Crippen molar-refractivity contribution < 1.29 is 0 Å². The van der Waals surface area contributed by atoms with E-state index in [0.29, 0.717) is 0 Å². The van der Waals surface area contributed by atoms with E-state index < -0.39 is 0 Å². The molecule has 0 radical (unpaired) electrons. The molecular weight excluding hydrogens is 348 g/mol. The van der Waals surface area contributed by atoms with Gasteiger partial charge >= 0.3 is 0 Å². The topological polar surface area (TPSA) is 0 Å². The lowest BCUT2D eigenvalue weighted by atomic mass is 9.68. The fourth-order valence-electron chi connectivity index (χ4n) is 6.78. The van der Waals surface area contributed by atoms with Gasteiger partial charge in [-0.2, -0.15) is 0 Å². The summed E-state index contributed by atoms with van der Waals surface area (Å²) in [5.74, 6) is 6.02. The average Bonchev–Trinajstić information content (AvgIpc) is 2.77. The SMILES string of the molecule is CC/C=C/[C@H]1CC[C@H](/C=C/CCC2CCC([C@H]3CC[C@H](CCC)CC3)CC2)CC1. The Hall–Kier alpha value is -0.520. The van der Waals surface area contributed by atoms with E-state index in [-0.39, 0.29) is 0 Å². The van der Waals surface area contributed by atoms with E-state index in [1.807, 2.05) is 0 Å². The molecule has 0 aromatic carbocycles. The molecule has 3 rings (SSSR count). The van der Waals surface area contributed by atoms with Crippen LogP contribution >= 0.6 is 0 Å². The Morgan fingerprint density at radius 3 is 1.52 bits per heavy atom. The first-order valence-corrected chi connectivity index (χ1v) is 13.6. The van der Waals surface area contributed by atoms with Gasteiger partial charge in [-0.25, -0.2) is 0 Å². The zero-order valence-corrected chi connectivity index (χ0v) is 19.8. The highest BCUT2D eigenvalue weighted by Gasteiger charge is 2.30. The first kappa shape index (κ1) is 23.1. The summed E-state index contributed by atoms with van der Waals surface area (Å²) in [7, 11) is 0. The van der Waals surface area contributed by atoms with Gasteiger partial charge in [0.05, 0.1) is 0 Å². The van der Waals surface area contributed by atoms with Crippen LogP contribution < -0.4 is 0 Å². The minimum atomic E-state index is 0.872. The Bertz CT molecular complexity index is 462. The van der Waals surface area contributed by atoms with Crippen LogP contribution in [-0.2, 0) is 0 Å². The Kier molecular flexibility index (Phi) is 10.4. The Morgan fingerprint density at radius 2 is 1.03 bits per heavy atom. The van der Waals surface area contributed by atoms with Crippen LogP contribution in [0.25, 0.3) is 0 Å². The van der Waals surface area contributed by atoms with Crippen molar-refractivity contribution >= 4 is 0 Å². The van der Waals surface area contributed by atoms with Crippen LogP contribution in [0.2, 0.25) is 0 Å². The van der Waals surface area contributed by atoms with Crippen molar-refractivity contribution in [2.45, 2.75) is 123 Å². The zero-order valence-electron chi connectivity index (χ0n) is 19.8. The van der Waals surface area contributed by atoms with Crippen molar-refractivity contribution in [1.82, 2.24) is 0 Å². The zero-order chi connectivity index (χ0) is 20.3. The molecule has 29 heavy (non-hydrogen) atoms. The molecule has 0 aromatic heterocycles. The predicted molar refractivity (Wildman–Crippen MR) is 129 cm³/mol. The molecule has 0 aromatic rings. The molecule has 0 nitrogen and oxygen atoms in total. The molecule has 0 N–H and O–H groups in total. The van der Waals surface area contributed by atoms with Gasteiger partial charge in [0, 0.05) is 0 Å². The molecule has 3 aliphatic carbocycles. The summed E-state index contributed by atoms with van der Waals surface area (Å²) >= 11 is 0. The van der Waals surface area contributed by atoms with Crippen LogP contribution in [0.1, 0.15) is 123 Å². The smallest absolute Gasteiger partial charge is 0.0233 e. The second-order valence-electron chi connectivity index (χ2n) is 10.9. The third-order valence-corrected chi connectivity index (χ3v) is 8.76. The highest BCUT2D eigenvalue weighted by molar-refractivity contribution is 4.96. The normalized spacial score (nSPS) is 36.8. The summed E-state index contributed by atoms with van der Waals surface area (Å²) in [5, 5.41) is 0. The molecule has 0 saturated heterocycles. The number of hydrogen-bond donors (Lipinski definition) is 0. The van der Waals surface area contributed by atoms with Crippen molar-refractivity contribution in [1.29, 1.82) is 0 Å². The third kappa shape index (κ3) is 7.91. The quantitative estimate of drug-likeness (QED) is 0.339. The molecule has 0 heterocycles. The van der Waals surface area contributed by atoms with Gasteiger partial charge in [0.1, 0.15) is 0 Å². The summed E-state index contributed by atoms with van der Waals surface area (Å²) in [4.78, 5) is 0. The van der Waals surface area contributed by atoms with E-state index in [9.17, 15) is 0 Å². The molecular formula is C29H50. The standard InChI is InChI=1S/C29H50/c1-3-5-9-25-12-14-26(15-13-25)10-6-7-11-27-18-22-29(23-19-27)28-20-16-24(8-4-2)17-21-28/h5-6,9-10,24-29H,3-4,7-8,11-23H2,1-2H3/b9-5+,10-6+/t24-,25-,26-,27?,28-,29?. The molecule has 0 amide bonds. The molecule has 166 valence electrons. The highest BCUT2D eigenvalue weighted by atomic mass is 14.4. The van der Waals surface area contributed by atoms with E-state index >= 15 is 0 Å². The fourth-order valence-corrected chi connectivity index (χ4v) is 6.78. The number of rotatable bonds is 9. The highest BCUT2D eigenvalue weighted by Crippen LogP contribution is 2.43. The van der Waals surface area contributed by atoms with E-state index in [4.69, 9.17) is 0 Å². The molecule has 3 saturated carbocycles. The molecule has 0 bridgehead atoms. The van der Waals surface area contributed by atoms with Crippen LogP contribution in [0.5, 0.6) is 0 Å². The van der Waals surface area contributed by atoms with Gasteiger partial charge < -0.3 is 0 Å². The number of hydrogen-bond acceptors (Lipinski definition) is 0. The number of allylic oxidation sites excluding steroid dienone is 4. The largest absolute Gasteiger partial charge is 0.0885 e. The molecule has 0 spiro atoms. The van der Waals surface area contributed by atoms with Crippen molar-refractivity contribution in [2.24, 2.45) is 35.5 Å². The van der Waals surface area contributed by atoms with Gasteiger partial charge in [-0.1, -0.05) is 76.7 Å². The van der Waals surface area contributed by atoms with E-state index in [1.165, 1.54) is 70.6 Å². The molecule has 0 aliphatic heterocycles. The maximum absolute atomic E-state index is 2.58. The summed E-state index contributed by atoms with van der Waals surface area (Å²) in [6, 6.07) is 0. The van der Waals surface area contributed by atoms with Crippen LogP contribution in [0.15, 0.2) is 24.3 Å². The molecule has 3 fully saturated rings. The van der Waals surface area contributed by atoms with Gasteiger partial charge in [-0.15, -0.1) is 0 Å². The molecule has 0 atom stereocenters. The lowest BCUT2D eigenvalue weighted by molar-refractivity contribution is 0.141. The van der Waals surface area contributed by atoms with Crippen molar-refractivity contribution in [3.63, 3.8) is 0 Å². The molecule has 3 aliphatic rings. The van der Waals surface area contributed by atoms with Gasteiger partial charge in [-0.05, 0) is 106 Å². The van der Waals surface area contributed by atoms with Gasteiger partial charge in [0.2, 0.25) is 0 Å². The van der Waals surface area contributed by atoms with E-state index in [2.05, 4.69) is 38.2 Å². The Labute approximate surface area is 183 Å². The fraction of sp³-hybridized carbons (Fsp3) is 0.862. The first-order valence-electron chi connectivity index (χ1n) is 13.6. The van der Waals surface area contributed by atoms with Crippen LogP contribution in [0, 0.1) is 35.5 Å². The van der Waals surface area contributed by atoms with Gasteiger partial charge in [-0.3, -0.25) is 0 Å². The third-order valence-electron chi connectivity index (χ3n) is 8.76. The van der Waals surface area contributed by atoms with Crippen LogP contribution in [0.4, 0.5) is 0 Å². The van der Waals surface area contributed by atoms with Crippen molar-refractivity contribution in [3.05, 3.63) is 24.3 Å². The van der Waals surface area contributed by atoms with Gasteiger partial charge in [0.15, 0.2) is 0 Å². The van der Waals surface area contributed by atoms with Crippen LogP contribution in [0.3, 0.4) is 0 Å². The summed E-state index contributed by atoms with van der Waals surface area (Å²) in [6.07, 6.45) is 34.9. The minimum absolute atomic E-state index is 0.872. The maximum atomic E-state index is 2.58. The van der Waals surface area contributed by atoms with Crippen molar-refractivity contribution in [3.8, 4) is 0 Å². The minimum Gasteiger partial charge on any atom is -0.0885 e. The Morgan fingerprint density at radius 1 is 0.552 bits per heavy atom. The average molecular weight is 399 g/mol. The van der Waals surface area contributed by atoms with Gasteiger partial charge in [0.25, 0.3) is 0 Å². The second kappa shape index (κ2) is 13.0. The monoisotopic (exact) mass is 398 g/mol. The lowest BCUT2D eigenvalue weighted by Crippen LogP contribution is -2.25. The van der Waals surface area contributed by atoms with E-state index in [0.717, 1.165) is 35.5 Å². The summed E-state index contributed by atoms with van der Waals surface area (Å²) in [5.41, 5.74) is 0. The lowest BCUT2D eigenvalue weighted by Gasteiger charge is -2.38. The molecule has 0 heteroatoms. The first-order chi connectivity index (χ1) is 14.3. The summed E-state index contributed by atoms with van der Waals surface area (Å²) in [6.45, 7) is 4.61. The van der Waals surface area contributed by atoms with E-state index in [1.54, 1.807) is 38.5 Å². The predicted octanol–water partition coefficient (Wildman–Crippen LogP) is 9.51. The summed E-state index contributed by atoms with van der Waals surface area (Å²) < 4.78 is 0. The van der Waals surface area contributed by atoms with Crippen LogP contribution in [-0.4, -0.2) is 0 Å². The molecule has 0 unspecified atom stereocenters.